The lowest BCUT2D eigenvalue weighted by atomic mass is 10.0. The van der Waals surface area contributed by atoms with Crippen LogP contribution in [-0.2, 0) is 22.0 Å². The summed E-state index contributed by atoms with van der Waals surface area (Å²) in [6, 6.07) is 6.52. The van der Waals surface area contributed by atoms with Crippen LogP contribution in [0, 0.1) is 0 Å². The van der Waals surface area contributed by atoms with E-state index in [0.717, 1.165) is 29.4 Å². The van der Waals surface area contributed by atoms with Gasteiger partial charge in [-0.2, -0.15) is 0 Å². The Labute approximate surface area is 150 Å². The number of aromatic amines is 1. The van der Waals surface area contributed by atoms with Gasteiger partial charge in [0.2, 0.25) is 0 Å². The zero-order chi connectivity index (χ0) is 17.9. The van der Waals surface area contributed by atoms with Crippen molar-refractivity contribution in [2.24, 2.45) is 0 Å². The molecular formula is C19H27N3O2S. The van der Waals surface area contributed by atoms with Crippen LogP contribution < -0.4 is 5.32 Å². The van der Waals surface area contributed by atoms with Crippen LogP contribution in [-0.4, -0.2) is 50.7 Å². The maximum absolute atomic E-state index is 12.3. The van der Waals surface area contributed by atoms with Crippen LogP contribution >= 0.6 is 0 Å². The molecule has 0 amide bonds. The van der Waals surface area contributed by atoms with Crippen molar-refractivity contribution in [2.75, 3.05) is 26.4 Å². The lowest BCUT2D eigenvalue weighted by Crippen LogP contribution is -2.26. The van der Waals surface area contributed by atoms with E-state index in [0.29, 0.717) is 6.04 Å². The molecule has 1 saturated heterocycles. The number of nitrogens with one attached hydrogen (secondary N) is 2. The van der Waals surface area contributed by atoms with Crippen molar-refractivity contribution in [3.05, 3.63) is 47.8 Å². The first-order chi connectivity index (χ1) is 12.0. The number of rotatable bonds is 7. The van der Waals surface area contributed by atoms with Gasteiger partial charge in [-0.25, -0.2) is 8.42 Å². The zero-order valence-electron chi connectivity index (χ0n) is 15.0. The van der Waals surface area contributed by atoms with Crippen LogP contribution in [0.5, 0.6) is 0 Å². The molecule has 3 rings (SSSR count). The summed E-state index contributed by atoms with van der Waals surface area (Å²) < 4.78 is 24.5. The fraction of sp³-hybridized carbons (Fsp3) is 0.474. The Bertz CT molecular complexity index is 855. The van der Waals surface area contributed by atoms with E-state index in [1.807, 2.05) is 18.2 Å². The molecule has 2 N–H and O–H groups in total. The summed E-state index contributed by atoms with van der Waals surface area (Å²) in [7, 11) is 0.792. The Balaban J connectivity index is 1.79. The molecule has 25 heavy (non-hydrogen) atoms. The number of hydrogen-bond donors (Lipinski definition) is 2. The van der Waals surface area contributed by atoms with E-state index >= 15 is 0 Å². The molecule has 1 aromatic carbocycles. The molecule has 1 aromatic heterocycles. The first kappa shape index (κ1) is 18.0. The maximum Gasteiger partial charge on any atom is 0.158 e. The molecular weight excluding hydrogens is 334 g/mol. The zero-order valence-corrected chi connectivity index (χ0v) is 15.8. The Kier molecular flexibility index (Phi) is 5.49. The lowest BCUT2D eigenvalue weighted by Gasteiger charge is -2.18. The van der Waals surface area contributed by atoms with Gasteiger partial charge in [0.15, 0.2) is 9.84 Å². The van der Waals surface area contributed by atoms with E-state index in [1.165, 1.54) is 18.4 Å². The number of nitrogens with zero attached hydrogens (tertiary/aromatic N) is 1. The number of likely N-dealkylation sites (tertiary alicyclic amines) is 1. The van der Waals surface area contributed by atoms with Gasteiger partial charge >= 0.3 is 0 Å². The van der Waals surface area contributed by atoms with Crippen molar-refractivity contribution in [3.63, 3.8) is 0 Å². The van der Waals surface area contributed by atoms with Gasteiger partial charge in [-0.05, 0) is 62.3 Å². The molecule has 1 aliphatic heterocycles. The molecule has 2 aromatic rings. The van der Waals surface area contributed by atoms with Gasteiger partial charge in [-0.15, -0.1) is 0 Å². The van der Waals surface area contributed by atoms with Gasteiger partial charge in [0.05, 0.1) is 11.5 Å². The highest BCUT2D eigenvalue weighted by Crippen LogP contribution is 2.26. The summed E-state index contributed by atoms with van der Waals surface area (Å²) in [4.78, 5) is 5.74. The van der Waals surface area contributed by atoms with Crippen LogP contribution in [0.4, 0.5) is 0 Å². The third kappa shape index (κ3) is 4.44. The van der Waals surface area contributed by atoms with Crippen molar-refractivity contribution in [1.29, 1.82) is 0 Å². The summed E-state index contributed by atoms with van der Waals surface area (Å²) in [5.74, 6) is 0.129. The van der Waals surface area contributed by atoms with E-state index in [4.69, 9.17) is 0 Å². The topological polar surface area (TPSA) is 65.2 Å². The molecule has 0 spiro atoms. The van der Waals surface area contributed by atoms with Crippen LogP contribution in [0.2, 0.25) is 0 Å². The van der Waals surface area contributed by atoms with Gasteiger partial charge in [0, 0.05) is 30.2 Å². The smallest absolute Gasteiger partial charge is 0.158 e. The highest BCUT2D eigenvalue weighted by Gasteiger charge is 2.22. The molecule has 0 bridgehead atoms. The summed E-state index contributed by atoms with van der Waals surface area (Å²) in [5, 5.41) is 3.97. The number of fused-ring (bicyclic) bond motifs is 1. The number of likely N-dealkylation sites (N-methyl/N-ethyl adjacent to an activating group) is 1. The fourth-order valence-electron chi connectivity index (χ4n) is 3.60. The molecule has 0 aliphatic carbocycles. The predicted octanol–water partition coefficient (Wildman–Crippen LogP) is 2.45. The summed E-state index contributed by atoms with van der Waals surface area (Å²) in [6.45, 7) is 1.16. The van der Waals surface area contributed by atoms with E-state index in [1.54, 1.807) is 19.3 Å². The monoisotopic (exact) mass is 361 g/mol. The molecule has 5 nitrogen and oxygen atoms in total. The molecule has 0 saturated carbocycles. The fourth-order valence-corrected chi connectivity index (χ4v) is 4.80. The standard InChI is InChI=1S/C19H27N3O2S/c1-20-8-4-10-25(23,24)14-15-6-7-19-18(11-15)16(13-21-19)12-17-5-3-9-22(17)2/h4,6-8,11,13,17,20-21H,3,5,9-10,12,14H2,1-2H3/t17-/m1/s1. The van der Waals surface area contributed by atoms with Gasteiger partial charge in [0.1, 0.15) is 0 Å². The molecule has 6 heteroatoms. The van der Waals surface area contributed by atoms with Gasteiger partial charge < -0.3 is 15.2 Å². The van der Waals surface area contributed by atoms with E-state index < -0.39 is 9.84 Å². The lowest BCUT2D eigenvalue weighted by molar-refractivity contribution is 0.310. The third-order valence-corrected chi connectivity index (χ3v) is 6.45. The Morgan fingerprint density at radius 3 is 2.96 bits per heavy atom. The molecule has 0 radical (unpaired) electrons. The second kappa shape index (κ2) is 7.62. The summed E-state index contributed by atoms with van der Waals surface area (Å²) in [6.07, 6.45) is 8.87. The Hall–Kier alpha value is -1.79. The van der Waals surface area contributed by atoms with E-state index in [2.05, 4.69) is 28.4 Å². The van der Waals surface area contributed by atoms with Crippen molar-refractivity contribution in [3.8, 4) is 0 Å². The quantitative estimate of drug-likeness (QED) is 0.795. The number of sulfone groups is 1. The SMILES string of the molecule is CNC=CCS(=O)(=O)Cc1ccc2[nH]cc(C[C@H]3CCCN3C)c2c1. The summed E-state index contributed by atoms with van der Waals surface area (Å²) >= 11 is 0. The molecule has 1 fully saturated rings. The minimum atomic E-state index is -3.15. The predicted molar refractivity (Wildman–Crippen MR) is 103 cm³/mol. The van der Waals surface area contributed by atoms with Gasteiger partial charge in [-0.1, -0.05) is 12.1 Å². The van der Waals surface area contributed by atoms with Crippen molar-refractivity contribution in [1.82, 2.24) is 15.2 Å². The number of hydrogen-bond acceptors (Lipinski definition) is 4. The molecule has 0 unspecified atom stereocenters. The van der Waals surface area contributed by atoms with E-state index in [-0.39, 0.29) is 11.5 Å². The minimum absolute atomic E-state index is 0.0543. The highest BCUT2D eigenvalue weighted by atomic mass is 32.2. The van der Waals surface area contributed by atoms with Crippen LogP contribution in [0.25, 0.3) is 10.9 Å². The van der Waals surface area contributed by atoms with Crippen LogP contribution in [0.1, 0.15) is 24.0 Å². The third-order valence-electron chi connectivity index (χ3n) is 4.98. The number of benzene rings is 1. The van der Waals surface area contributed by atoms with E-state index in [9.17, 15) is 8.42 Å². The van der Waals surface area contributed by atoms with Crippen molar-refractivity contribution in [2.45, 2.75) is 31.1 Å². The van der Waals surface area contributed by atoms with Crippen molar-refractivity contribution < 1.29 is 8.42 Å². The molecule has 1 atom stereocenters. The largest absolute Gasteiger partial charge is 0.394 e. The average molecular weight is 362 g/mol. The second-order valence-electron chi connectivity index (χ2n) is 6.92. The van der Waals surface area contributed by atoms with Crippen molar-refractivity contribution >= 4 is 20.7 Å². The van der Waals surface area contributed by atoms with Gasteiger partial charge in [-0.3, -0.25) is 0 Å². The average Bonchev–Trinajstić information content (AvgIpc) is 3.14. The highest BCUT2D eigenvalue weighted by molar-refractivity contribution is 7.90. The number of H-pyrrole nitrogens is 1. The normalized spacial score (nSPS) is 19.2. The van der Waals surface area contributed by atoms with Crippen LogP contribution in [0.3, 0.4) is 0 Å². The summed E-state index contributed by atoms with van der Waals surface area (Å²) in [5.41, 5.74) is 3.21. The second-order valence-corrected chi connectivity index (χ2v) is 9.03. The maximum atomic E-state index is 12.3. The first-order valence-corrected chi connectivity index (χ1v) is 10.6. The molecule has 1 aliphatic rings. The van der Waals surface area contributed by atoms with Crippen LogP contribution in [0.15, 0.2) is 36.7 Å². The molecule has 136 valence electrons. The first-order valence-electron chi connectivity index (χ1n) is 8.80. The van der Waals surface area contributed by atoms with Gasteiger partial charge in [0.25, 0.3) is 0 Å². The molecule has 2 heterocycles. The Morgan fingerprint density at radius 1 is 1.40 bits per heavy atom. The number of aromatic nitrogens is 1. The Morgan fingerprint density at radius 2 is 2.24 bits per heavy atom. The minimum Gasteiger partial charge on any atom is -0.394 e.